The van der Waals surface area contributed by atoms with Crippen LogP contribution in [0.1, 0.15) is 33.3 Å². The third-order valence-corrected chi connectivity index (χ3v) is 3.17. The van der Waals surface area contributed by atoms with Gasteiger partial charge < -0.3 is 14.8 Å². The Morgan fingerprint density at radius 2 is 1.81 bits per heavy atom. The number of amides is 1. The minimum atomic E-state index is -1.54. The Labute approximate surface area is 132 Å². The second kappa shape index (κ2) is 6.20. The van der Waals surface area contributed by atoms with E-state index in [0.717, 1.165) is 6.07 Å². The summed E-state index contributed by atoms with van der Waals surface area (Å²) in [6, 6.07) is 2.18. The molecule has 0 spiro atoms. The lowest BCUT2D eigenvalue weighted by Gasteiger charge is -2.28. The van der Waals surface area contributed by atoms with Gasteiger partial charge in [-0.1, -0.05) is 23.2 Å². The van der Waals surface area contributed by atoms with Crippen molar-refractivity contribution >= 4 is 35.6 Å². The van der Waals surface area contributed by atoms with E-state index in [0.29, 0.717) is 6.29 Å². The van der Waals surface area contributed by atoms with Crippen molar-refractivity contribution in [2.45, 2.75) is 38.8 Å². The monoisotopic (exact) mass is 335 g/mol. The summed E-state index contributed by atoms with van der Waals surface area (Å²) >= 11 is 11.6. The lowest BCUT2D eigenvalue weighted by molar-refractivity contribution is -0.113. The van der Waals surface area contributed by atoms with Gasteiger partial charge in [-0.3, -0.25) is 0 Å². The van der Waals surface area contributed by atoms with E-state index in [-0.39, 0.29) is 15.6 Å². The Kier molecular flexibility index (Phi) is 5.23. The molecule has 0 saturated heterocycles. The Morgan fingerprint density at radius 1 is 1.24 bits per heavy atom. The zero-order valence-electron chi connectivity index (χ0n) is 12.1. The molecular weight excluding hydrogens is 320 g/mol. The van der Waals surface area contributed by atoms with Gasteiger partial charge in [-0.15, -0.1) is 0 Å². The molecule has 0 aliphatic rings. The fraction of sp³-hybridized carbons (Fsp3) is 0.429. The summed E-state index contributed by atoms with van der Waals surface area (Å²) in [5.74, 6) is -0.741. The van der Waals surface area contributed by atoms with Crippen LogP contribution in [0.2, 0.25) is 10.0 Å². The average molecular weight is 336 g/mol. The largest absolute Gasteiger partial charge is 0.444 e. The van der Waals surface area contributed by atoms with Gasteiger partial charge in [0.2, 0.25) is 0 Å². The lowest BCUT2D eigenvalue weighted by atomic mass is 9.93. The Hall–Kier alpha value is -1.33. The van der Waals surface area contributed by atoms with Crippen LogP contribution in [0.4, 0.5) is 9.18 Å². The number of halogens is 3. The molecule has 0 aliphatic carbocycles. The van der Waals surface area contributed by atoms with E-state index in [1.54, 1.807) is 20.8 Å². The minimum Gasteiger partial charge on any atom is -0.444 e. The van der Waals surface area contributed by atoms with Crippen LogP contribution >= 0.6 is 23.2 Å². The minimum absolute atomic E-state index is 0.0621. The number of benzene rings is 1. The quantitative estimate of drug-likeness (QED) is 0.669. The van der Waals surface area contributed by atoms with Crippen LogP contribution in [0.15, 0.2) is 12.1 Å². The maximum atomic E-state index is 13.6. The highest BCUT2D eigenvalue weighted by atomic mass is 35.5. The van der Waals surface area contributed by atoms with E-state index >= 15 is 0 Å². The number of nitrogens with one attached hydrogen (secondary N) is 1. The molecule has 1 unspecified atom stereocenters. The lowest BCUT2D eigenvalue weighted by Crippen LogP contribution is -2.47. The standard InChI is InChI=1S/C14H16Cl2FNO3/c1-13(2,3)21-12(20)18-14(4,7-19)8-5-11(17)10(16)6-9(8)15/h5-7H,1-4H3,(H,18,20). The molecule has 1 N–H and O–H groups in total. The number of alkyl carbamates (subject to hydrolysis) is 1. The molecule has 4 nitrogen and oxygen atoms in total. The maximum Gasteiger partial charge on any atom is 0.408 e. The predicted octanol–water partition coefficient (Wildman–Crippen LogP) is 4.07. The average Bonchev–Trinajstić information content (AvgIpc) is 2.31. The van der Waals surface area contributed by atoms with E-state index in [4.69, 9.17) is 27.9 Å². The summed E-state index contributed by atoms with van der Waals surface area (Å²) in [5, 5.41) is 2.27. The molecule has 0 aliphatic heterocycles. The van der Waals surface area contributed by atoms with Crippen molar-refractivity contribution in [3.63, 3.8) is 0 Å². The van der Waals surface area contributed by atoms with Crippen LogP contribution < -0.4 is 5.32 Å². The number of carbonyl (C=O) groups excluding carboxylic acids is 2. The summed E-state index contributed by atoms with van der Waals surface area (Å²) in [5.41, 5.74) is -2.18. The molecule has 0 bridgehead atoms. The van der Waals surface area contributed by atoms with Gasteiger partial charge >= 0.3 is 6.09 Å². The summed E-state index contributed by atoms with van der Waals surface area (Å²) < 4.78 is 18.7. The first-order chi connectivity index (χ1) is 9.48. The molecule has 116 valence electrons. The molecule has 1 aromatic rings. The van der Waals surface area contributed by atoms with Gasteiger partial charge in [-0.2, -0.15) is 0 Å². The number of hydrogen-bond acceptors (Lipinski definition) is 3. The van der Waals surface area contributed by atoms with Gasteiger partial charge in [0.1, 0.15) is 23.2 Å². The third kappa shape index (κ3) is 4.58. The highest BCUT2D eigenvalue weighted by Crippen LogP contribution is 2.31. The van der Waals surface area contributed by atoms with E-state index < -0.39 is 23.1 Å². The van der Waals surface area contributed by atoms with E-state index in [1.807, 2.05) is 0 Å². The number of aldehydes is 1. The summed E-state index contributed by atoms with van der Waals surface area (Å²) in [6.07, 6.45) is -0.366. The highest BCUT2D eigenvalue weighted by molar-refractivity contribution is 6.35. The summed E-state index contributed by atoms with van der Waals surface area (Å²) in [7, 11) is 0. The van der Waals surface area contributed by atoms with Crippen molar-refractivity contribution in [2.75, 3.05) is 0 Å². The van der Waals surface area contributed by atoms with Gasteiger partial charge in [0, 0.05) is 10.6 Å². The normalized spacial score (nSPS) is 14.2. The molecule has 0 fully saturated rings. The Bertz CT molecular complexity index is 572. The second-order valence-corrected chi connectivity index (χ2v) is 6.51. The first-order valence-corrected chi connectivity index (χ1v) is 6.86. The molecule has 0 radical (unpaired) electrons. The number of carbonyl (C=O) groups is 2. The van der Waals surface area contributed by atoms with Gasteiger partial charge in [-0.25, -0.2) is 9.18 Å². The molecule has 1 atom stereocenters. The molecule has 1 amide bonds. The second-order valence-electron chi connectivity index (χ2n) is 5.69. The van der Waals surface area contributed by atoms with Gasteiger partial charge in [0.15, 0.2) is 0 Å². The van der Waals surface area contributed by atoms with E-state index in [1.165, 1.54) is 13.0 Å². The van der Waals surface area contributed by atoms with Crippen LogP contribution in [-0.4, -0.2) is 18.0 Å². The fourth-order valence-electron chi connectivity index (χ4n) is 1.60. The zero-order chi connectivity index (χ0) is 16.4. The molecule has 7 heteroatoms. The van der Waals surface area contributed by atoms with E-state index in [9.17, 15) is 14.0 Å². The predicted molar refractivity (Wildman–Crippen MR) is 79.2 cm³/mol. The third-order valence-electron chi connectivity index (χ3n) is 2.57. The van der Waals surface area contributed by atoms with Gasteiger partial charge in [0.25, 0.3) is 0 Å². The van der Waals surface area contributed by atoms with Crippen molar-refractivity contribution in [1.82, 2.24) is 5.32 Å². The van der Waals surface area contributed by atoms with Crippen LogP contribution in [0.5, 0.6) is 0 Å². The molecule has 1 aromatic carbocycles. The number of ether oxygens (including phenoxy) is 1. The molecule has 0 saturated carbocycles. The summed E-state index contributed by atoms with van der Waals surface area (Å²) in [6.45, 7) is 6.43. The Morgan fingerprint density at radius 3 is 2.29 bits per heavy atom. The van der Waals surface area contributed by atoms with Crippen molar-refractivity contribution in [3.05, 3.63) is 33.6 Å². The van der Waals surface area contributed by atoms with Gasteiger partial charge in [-0.05, 0) is 39.8 Å². The molecule has 0 aromatic heterocycles. The summed E-state index contributed by atoms with van der Waals surface area (Å²) in [4.78, 5) is 23.2. The van der Waals surface area contributed by atoms with Crippen LogP contribution in [0, 0.1) is 5.82 Å². The maximum absolute atomic E-state index is 13.6. The first-order valence-electron chi connectivity index (χ1n) is 6.11. The van der Waals surface area contributed by atoms with Crippen molar-refractivity contribution in [2.24, 2.45) is 0 Å². The Balaban J connectivity index is 3.13. The SMILES string of the molecule is CC(C)(C)OC(=O)NC(C)(C=O)c1cc(F)c(Cl)cc1Cl. The smallest absolute Gasteiger partial charge is 0.408 e. The highest BCUT2D eigenvalue weighted by Gasteiger charge is 2.33. The zero-order valence-corrected chi connectivity index (χ0v) is 13.6. The van der Waals surface area contributed by atoms with Gasteiger partial charge in [0.05, 0.1) is 5.02 Å². The molecule has 0 heterocycles. The molecule has 21 heavy (non-hydrogen) atoms. The van der Waals surface area contributed by atoms with Crippen molar-refractivity contribution in [3.8, 4) is 0 Å². The number of hydrogen-bond donors (Lipinski definition) is 1. The topological polar surface area (TPSA) is 55.4 Å². The molecule has 1 rings (SSSR count). The fourth-order valence-corrected chi connectivity index (χ4v) is 2.18. The number of rotatable bonds is 3. The van der Waals surface area contributed by atoms with Crippen LogP contribution in [0.25, 0.3) is 0 Å². The van der Waals surface area contributed by atoms with Crippen molar-refractivity contribution in [1.29, 1.82) is 0 Å². The molecular formula is C14H16Cl2FNO3. The van der Waals surface area contributed by atoms with Crippen LogP contribution in [-0.2, 0) is 15.1 Å². The van der Waals surface area contributed by atoms with Crippen LogP contribution in [0.3, 0.4) is 0 Å². The van der Waals surface area contributed by atoms with Crippen molar-refractivity contribution < 1.29 is 18.7 Å². The van der Waals surface area contributed by atoms with E-state index in [2.05, 4.69) is 5.32 Å². The first kappa shape index (κ1) is 17.7.